The summed E-state index contributed by atoms with van der Waals surface area (Å²) in [6.45, 7) is 10.0. The highest BCUT2D eigenvalue weighted by atomic mass is 16.2. The van der Waals surface area contributed by atoms with Gasteiger partial charge in [-0.05, 0) is 12.0 Å². The van der Waals surface area contributed by atoms with Crippen LogP contribution in [0.3, 0.4) is 0 Å². The fraction of sp³-hybridized carbons (Fsp3) is 0.615. The second-order valence-corrected chi connectivity index (χ2v) is 4.90. The van der Waals surface area contributed by atoms with E-state index in [4.69, 9.17) is 5.73 Å². The van der Waals surface area contributed by atoms with E-state index in [9.17, 15) is 4.79 Å². The molecule has 0 saturated carbocycles. The molecule has 2 atom stereocenters. The van der Waals surface area contributed by atoms with Gasteiger partial charge in [0, 0.05) is 31.4 Å². The van der Waals surface area contributed by atoms with E-state index in [0.29, 0.717) is 12.5 Å². The second kappa shape index (κ2) is 7.18. The first kappa shape index (κ1) is 14.7. The van der Waals surface area contributed by atoms with E-state index < -0.39 is 6.04 Å². The smallest absolute Gasteiger partial charge is 0.238 e. The molecule has 0 fully saturated rings. The SMILES string of the molecule is C=C1/C=C/[C@H](C(C)C)NC(=O)[C@@H](N)CNCCN1. The maximum Gasteiger partial charge on any atom is 0.238 e. The van der Waals surface area contributed by atoms with Crippen molar-refractivity contribution in [2.45, 2.75) is 25.9 Å². The Morgan fingerprint density at radius 1 is 1.44 bits per heavy atom. The number of nitrogens with one attached hydrogen (secondary N) is 3. The minimum atomic E-state index is -0.512. The van der Waals surface area contributed by atoms with Crippen molar-refractivity contribution >= 4 is 5.91 Å². The summed E-state index contributed by atoms with van der Waals surface area (Å²) in [6.07, 6.45) is 3.86. The molecule has 0 unspecified atom stereocenters. The fourth-order valence-corrected chi connectivity index (χ4v) is 1.65. The second-order valence-electron chi connectivity index (χ2n) is 4.90. The summed E-state index contributed by atoms with van der Waals surface area (Å²) in [4.78, 5) is 11.9. The molecule has 5 nitrogen and oxygen atoms in total. The van der Waals surface area contributed by atoms with E-state index in [1.165, 1.54) is 0 Å². The summed E-state index contributed by atoms with van der Waals surface area (Å²) in [6, 6.07) is -0.538. The van der Waals surface area contributed by atoms with Crippen molar-refractivity contribution in [2.75, 3.05) is 19.6 Å². The zero-order chi connectivity index (χ0) is 13.5. The fourth-order valence-electron chi connectivity index (χ4n) is 1.65. The number of allylic oxidation sites excluding steroid dienone is 1. The van der Waals surface area contributed by atoms with Crippen LogP contribution in [-0.4, -0.2) is 37.6 Å². The Kier molecular flexibility index (Phi) is 5.88. The highest BCUT2D eigenvalue weighted by Crippen LogP contribution is 2.05. The number of hydrogen-bond donors (Lipinski definition) is 4. The van der Waals surface area contributed by atoms with Gasteiger partial charge in [0.05, 0.1) is 6.04 Å². The summed E-state index contributed by atoms with van der Waals surface area (Å²) in [5, 5.41) is 9.27. The van der Waals surface area contributed by atoms with E-state index in [1.54, 1.807) is 0 Å². The number of carbonyl (C=O) groups excluding carboxylic acids is 1. The van der Waals surface area contributed by atoms with E-state index in [1.807, 2.05) is 12.2 Å². The lowest BCUT2D eigenvalue weighted by molar-refractivity contribution is -0.122. The Morgan fingerprint density at radius 2 is 2.17 bits per heavy atom. The summed E-state index contributed by atoms with van der Waals surface area (Å²) in [7, 11) is 0. The molecule has 1 heterocycles. The highest BCUT2D eigenvalue weighted by Gasteiger charge is 2.18. The Morgan fingerprint density at radius 3 is 2.83 bits per heavy atom. The van der Waals surface area contributed by atoms with E-state index in [2.05, 4.69) is 36.4 Å². The van der Waals surface area contributed by atoms with Gasteiger partial charge in [-0.25, -0.2) is 0 Å². The van der Waals surface area contributed by atoms with Gasteiger partial charge >= 0.3 is 0 Å². The van der Waals surface area contributed by atoms with Gasteiger partial charge in [0.15, 0.2) is 0 Å². The largest absolute Gasteiger partial charge is 0.384 e. The van der Waals surface area contributed by atoms with Crippen molar-refractivity contribution in [3.8, 4) is 0 Å². The molecule has 0 bridgehead atoms. The van der Waals surface area contributed by atoms with Crippen LogP contribution in [0.5, 0.6) is 0 Å². The molecule has 0 aromatic rings. The van der Waals surface area contributed by atoms with Crippen LogP contribution in [0.25, 0.3) is 0 Å². The number of hydrogen-bond acceptors (Lipinski definition) is 4. The third-order valence-corrected chi connectivity index (χ3v) is 2.89. The number of amides is 1. The summed E-state index contributed by atoms with van der Waals surface area (Å²) in [5.41, 5.74) is 6.66. The summed E-state index contributed by atoms with van der Waals surface area (Å²) >= 11 is 0. The van der Waals surface area contributed by atoms with Gasteiger partial charge in [-0.3, -0.25) is 4.79 Å². The maximum atomic E-state index is 11.9. The molecule has 1 rings (SSSR count). The van der Waals surface area contributed by atoms with E-state index in [0.717, 1.165) is 18.8 Å². The molecule has 102 valence electrons. The molecule has 5 heteroatoms. The van der Waals surface area contributed by atoms with Crippen LogP contribution in [0.4, 0.5) is 0 Å². The zero-order valence-corrected chi connectivity index (χ0v) is 11.2. The molecule has 1 aliphatic rings. The standard InChI is InChI=1S/C13H24N4O/c1-9(2)12-5-4-10(3)16-7-6-15-8-11(14)13(18)17-12/h4-5,9,11-12,15-16H,3,6-8,14H2,1-2H3,(H,17,18)/b5-4+/t11-,12+/m0/s1. The minimum absolute atomic E-state index is 0.0264. The first-order valence-corrected chi connectivity index (χ1v) is 6.38. The van der Waals surface area contributed by atoms with Crippen LogP contribution < -0.4 is 21.7 Å². The lowest BCUT2D eigenvalue weighted by Gasteiger charge is -2.22. The van der Waals surface area contributed by atoms with Crippen molar-refractivity contribution < 1.29 is 4.79 Å². The molecule has 18 heavy (non-hydrogen) atoms. The molecule has 5 N–H and O–H groups in total. The first-order chi connectivity index (χ1) is 8.50. The van der Waals surface area contributed by atoms with Gasteiger partial charge in [0.1, 0.15) is 0 Å². The Hall–Kier alpha value is -1.33. The van der Waals surface area contributed by atoms with Crippen molar-refractivity contribution in [2.24, 2.45) is 11.7 Å². The average molecular weight is 252 g/mol. The van der Waals surface area contributed by atoms with Gasteiger partial charge in [-0.2, -0.15) is 0 Å². The van der Waals surface area contributed by atoms with Crippen LogP contribution >= 0.6 is 0 Å². The van der Waals surface area contributed by atoms with E-state index in [-0.39, 0.29) is 11.9 Å². The van der Waals surface area contributed by atoms with Crippen molar-refractivity contribution in [3.63, 3.8) is 0 Å². The first-order valence-electron chi connectivity index (χ1n) is 6.38. The Labute approximate surface area is 109 Å². The van der Waals surface area contributed by atoms with E-state index >= 15 is 0 Å². The van der Waals surface area contributed by atoms with Crippen molar-refractivity contribution in [3.05, 3.63) is 24.4 Å². The molecular weight excluding hydrogens is 228 g/mol. The molecule has 1 aliphatic heterocycles. The van der Waals surface area contributed by atoms with Crippen molar-refractivity contribution in [1.29, 1.82) is 0 Å². The van der Waals surface area contributed by atoms with Gasteiger partial charge in [0.25, 0.3) is 0 Å². The lowest BCUT2D eigenvalue weighted by Crippen LogP contribution is -2.51. The maximum absolute atomic E-state index is 11.9. The normalized spacial score (nSPS) is 28.9. The number of carbonyl (C=O) groups is 1. The molecule has 1 amide bonds. The number of rotatable bonds is 1. The van der Waals surface area contributed by atoms with Crippen LogP contribution in [0.15, 0.2) is 24.4 Å². The Bertz CT molecular complexity index is 325. The molecule has 0 radical (unpaired) electrons. The summed E-state index contributed by atoms with van der Waals surface area (Å²) in [5.74, 6) is 0.186. The Balaban J connectivity index is 2.76. The molecule has 0 saturated heterocycles. The summed E-state index contributed by atoms with van der Waals surface area (Å²) < 4.78 is 0. The molecule has 0 aromatic heterocycles. The molecular formula is C13H24N4O. The van der Waals surface area contributed by atoms with Gasteiger partial charge in [-0.1, -0.05) is 26.5 Å². The van der Waals surface area contributed by atoms with Crippen LogP contribution in [0.1, 0.15) is 13.8 Å². The third kappa shape index (κ3) is 4.89. The minimum Gasteiger partial charge on any atom is -0.384 e. The number of nitrogens with two attached hydrogens (primary N) is 1. The molecule has 0 aliphatic carbocycles. The van der Waals surface area contributed by atoms with Crippen molar-refractivity contribution in [1.82, 2.24) is 16.0 Å². The van der Waals surface area contributed by atoms with Crippen LogP contribution in [0, 0.1) is 5.92 Å². The molecule has 0 aromatic carbocycles. The monoisotopic (exact) mass is 252 g/mol. The van der Waals surface area contributed by atoms with Crippen LogP contribution in [0.2, 0.25) is 0 Å². The topological polar surface area (TPSA) is 79.2 Å². The van der Waals surface area contributed by atoms with Gasteiger partial charge in [0.2, 0.25) is 5.91 Å². The zero-order valence-electron chi connectivity index (χ0n) is 11.2. The lowest BCUT2D eigenvalue weighted by atomic mass is 10.0. The quantitative estimate of drug-likeness (QED) is 0.517. The molecule has 0 spiro atoms. The van der Waals surface area contributed by atoms with Crippen LogP contribution in [-0.2, 0) is 4.79 Å². The van der Waals surface area contributed by atoms with Gasteiger partial charge in [-0.15, -0.1) is 0 Å². The predicted octanol–water partition coefficient (Wildman–Crippen LogP) is -0.283. The predicted molar refractivity (Wildman–Crippen MR) is 73.9 cm³/mol. The van der Waals surface area contributed by atoms with Gasteiger partial charge < -0.3 is 21.7 Å². The third-order valence-electron chi connectivity index (χ3n) is 2.89. The average Bonchev–Trinajstić information content (AvgIpc) is 2.31. The highest BCUT2D eigenvalue weighted by molar-refractivity contribution is 5.82.